The van der Waals surface area contributed by atoms with Crippen molar-refractivity contribution in [2.24, 2.45) is 5.92 Å². The summed E-state index contributed by atoms with van der Waals surface area (Å²) in [5, 5.41) is 16.1. The molecule has 0 aliphatic heterocycles. The second kappa shape index (κ2) is 7.22. The van der Waals surface area contributed by atoms with Crippen LogP contribution in [0.1, 0.15) is 35.5 Å². The van der Waals surface area contributed by atoms with Gasteiger partial charge < -0.3 is 10.4 Å². The average molecular weight is 301 g/mol. The summed E-state index contributed by atoms with van der Waals surface area (Å²) in [6.45, 7) is 7.08. The van der Waals surface area contributed by atoms with Crippen LogP contribution >= 0.6 is 0 Å². The molecule has 2 aromatic rings. The molecule has 0 aliphatic carbocycles. The predicted octanol–water partition coefficient (Wildman–Crippen LogP) is 2.63. The molecular weight excluding hydrogens is 278 g/mol. The number of carbonyl (C=O) groups excluding carboxylic acids is 1. The first-order chi connectivity index (χ1) is 10.5. The molecule has 5 heteroatoms. The number of carbonyl (C=O) groups is 1. The predicted molar refractivity (Wildman–Crippen MR) is 87.0 cm³/mol. The summed E-state index contributed by atoms with van der Waals surface area (Å²) < 4.78 is 1.87. The molecule has 0 unspecified atom stereocenters. The van der Waals surface area contributed by atoms with Crippen molar-refractivity contribution in [3.8, 4) is 0 Å². The molecule has 0 radical (unpaired) electrons. The minimum absolute atomic E-state index is 0.125. The Morgan fingerprint density at radius 2 is 2.00 bits per heavy atom. The molecule has 1 heterocycles. The van der Waals surface area contributed by atoms with Gasteiger partial charge >= 0.3 is 0 Å². The number of aliphatic hydroxyl groups is 1. The largest absolute Gasteiger partial charge is 0.396 e. The van der Waals surface area contributed by atoms with E-state index in [1.165, 1.54) is 0 Å². The standard InChI is InChI=1S/C17H23N3O2/c1-12(2)11-20-13(3)16(10-18-20)17(22)19-15-6-4-14(5-7-15)8-9-21/h4-7,10,12,21H,8-9,11H2,1-3H3,(H,19,22). The fourth-order valence-electron chi connectivity index (χ4n) is 2.28. The summed E-state index contributed by atoms with van der Waals surface area (Å²) in [6, 6.07) is 7.50. The van der Waals surface area contributed by atoms with E-state index in [0.29, 0.717) is 17.9 Å². The first-order valence-electron chi connectivity index (χ1n) is 7.54. The van der Waals surface area contributed by atoms with Crippen LogP contribution in [0.2, 0.25) is 0 Å². The molecule has 5 nitrogen and oxygen atoms in total. The maximum absolute atomic E-state index is 12.3. The summed E-state index contributed by atoms with van der Waals surface area (Å²) in [7, 11) is 0. The first-order valence-corrected chi connectivity index (χ1v) is 7.54. The molecule has 0 atom stereocenters. The van der Waals surface area contributed by atoms with Crippen molar-refractivity contribution in [2.45, 2.75) is 33.7 Å². The monoisotopic (exact) mass is 301 g/mol. The van der Waals surface area contributed by atoms with E-state index >= 15 is 0 Å². The highest BCUT2D eigenvalue weighted by Crippen LogP contribution is 2.14. The molecule has 0 spiro atoms. The molecule has 1 amide bonds. The lowest BCUT2D eigenvalue weighted by Crippen LogP contribution is -2.14. The van der Waals surface area contributed by atoms with Crippen LogP contribution in [0.4, 0.5) is 5.69 Å². The van der Waals surface area contributed by atoms with Crippen molar-refractivity contribution >= 4 is 11.6 Å². The van der Waals surface area contributed by atoms with Crippen LogP contribution in [0.15, 0.2) is 30.5 Å². The molecular formula is C17H23N3O2. The molecule has 1 aromatic carbocycles. The number of anilines is 1. The Labute approximate surface area is 131 Å². The van der Waals surface area contributed by atoms with Gasteiger partial charge in [-0.2, -0.15) is 5.10 Å². The van der Waals surface area contributed by atoms with Crippen molar-refractivity contribution in [2.75, 3.05) is 11.9 Å². The van der Waals surface area contributed by atoms with Gasteiger partial charge in [-0.15, -0.1) is 0 Å². The highest BCUT2D eigenvalue weighted by molar-refractivity contribution is 6.04. The Morgan fingerprint density at radius 3 is 2.59 bits per heavy atom. The fraction of sp³-hybridized carbons (Fsp3) is 0.412. The quantitative estimate of drug-likeness (QED) is 0.862. The number of nitrogens with zero attached hydrogens (tertiary/aromatic N) is 2. The van der Waals surface area contributed by atoms with Gasteiger partial charge in [0.05, 0.1) is 11.8 Å². The first kappa shape index (κ1) is 16.2. The lowest BCUT2D eigenvalue weighted by molar-refractivity contribution is 0.102. The molecule has 0 aliphatic rings. The van der Waals surface area contributed by atoms with Crippen LogP contribution in [0.25, 0.3) is 0 Å². The third-order valence-electron chi connectivity index (χ3n) is 3.50. The highest BCUT2D eigenvalue weighted by atomic mass is 16.3. The van der Waals surface area contributed by atoms with E-state index in [1.807, 2.05) is 35.9 Å². The maximum Gasteiger partial charge on any atom is 0.259 e. The van der Waals surface area contributed by atoms with Gasteiger partial charge in [0.15, 0.2) is 0 Å². The Morgan fingerprint density at radius 1 is 1.32 bits per heavy atom. The summed E-state index contributed by atoms with van der Waals surface area (Å²) >= 11 is 0. The summed E-state index contributed by atoms with van der Waals surface area (Å²) in [5.74, 6) is 0.330. The minimum atomic E-state index is -0.151. The molecule has 0 saturated heterocycles. The van der Waals surface area contributed by atoms with Gasteiger partial charge in [-0.25, -0.2) is 0 Å². The van der Waals surface area contributed by atoms with Gasteiger partial charge in [0.1, 0.15) is 0 Å². The third kappa shape index (κ3) is 3.95. The third-order valence-corrected chi connectivity index (χ3v) is 3.50. The second-order valence-electron chi connectivity index (χ2n) is 5.84. The summed E-state index contributed by atoms with van der Waals surface area (Å²) in [5.41, 5.74) is 3.26. The van der Waals surface area contributed by atoms with E-state index in [-0.39, 0.29) is 12.5 Å². The lowest BCUT2D eigenvalue weighted by atomic mass is 10.1. The van der Waals surface area contributed by atoms with Gasteiger partial charge in [0.25, 0.3) is 5.91 Å². The zero-order chi connectivity index (χ0) is 16.1. The normalized spacial score (nSPS) is 11.0. The smallest absolute Gasteiger partial charge is 0.259 e. The molecule has 0 fully saturated rings. The van der Waals surface area contributed by atoms with Crippen LogP contribution in [0, 0.1) is 12.8 Å². The highest BCUT2D eigenvalue weighted by Gasteiger charge is 2.14. The molecule has 22 heavy (non-hydrogen) atoms. The van der Waals surface area contributed by atoms with Crippen LogP contribution in [0.3, 0.4) is 0 Å². The van der Waals surface area contributed by atoms with E-state index in [4.69, 9.17) is 5.11 Å². The minimum Gasteiger partial charge on any atom is -0.396 e. The number of benzene rings is 1. The molecule has 0 saturated carbocycles. The van der Waals surface area contributed by atoms with Crippen LogP contribution < -0.4 is 5.32 Å². The van der Waals surface area contributed by atoms with E-state index in [2.05, 4.69) is 24.3 Å². The Hall–Kier alpha value is -2.14. The number of amides is 1. The van der Waals surface area contributed by atoms with Gasteiger partial charge in [-0.05, 0) is 37.0 Å². The molecule has 0 bridgehead atoms. The Kier molecular flexibility index (Phi) is 5.33. The van der Waals surface area contributed by atoms with Gasteiger partial charge in [0.2, 0.25) is 0 Å². The van der Waals surface area contributed by atoms with Gasteiger partial charge in [-0.1, -0.05) is 26.0 Å². The molecule has 2 rings (SSSR count). The Balaban J connectivity index is 2.07. The van der Waals surface area contributed by atoms with Crippen molar-refractivity contribution < 1.29 is 9.90 Å². The van der Waals surface area contributed by atoms with E-state index < -0.39 is 0 Å². The second-order valence-corrected chi connectivity index (χ2v) is 5.84. The van der Waals surface area contributed by atoms with Crippen molar-refractivity contribution in [3.05, 3.63) is 47.3 Å². The van der Waals surface area contributed by atoms with E-state index in [1.54, 1.807) is 6.20 Å². The number of hydrogen-bond donors (Lipinski definition) is 2. The Bertz CT molecular complexity index is 630. The maximum atomic E-state index is 12.3. The fourth-order valence-corrected chi connectivity index (χ4v) is 2.28. The SMILES string of the molecule is Cc1c(C(=O)Nc2ccc(CCO)cc2)cnn1CC(C)C. The summed E-state index contributed by atoms with van der Waals surface area (Å²) in [4.78, 5) is 12.3. The molecule has 2 N–H and O–H groups in total. The zero-order valence-electron chi connectivity index (χ0n) is 13.3. The number of rotatable bonds is 6. The number of nitrogens with one attached hydrogen (secondary N) is 1. The van der Waals surface area contributed by atoms with Crippen LogP contribution in [0.5, 0.6) is 0 Å². The van der Waals surface area contributed by atoms with Crippen LogP contribution in [-0.4, -0.2) is 27.4 Å². The number of hydrogen-bond acceptors (Lipinski definition) is 3. The zero-order valence-corrected chi connectivity index (χ0v) is 13.3. The van der Waals surface area contributed by atoms with Crippen LogP contribution in [-0.2, 0) is 13.0 Å². The number of aromatic nitrogens is 2. The van der Waals surface area contributed by atoms with Crippen molar-refractivity contribution in [3.63, 3.8) is 0 Å². The van der Waals surface area contributed by atoms with E-state index in [0.717, 1.165) is 23.5 Å². The molecule has 1 aromatic heterocycles. The van der Waals surface area contributed by atoms with E-state index in [9.17, 15) is 4.79 Å². The lowest BCUT2D eigenvalue weighted by Gasteiger charge is -2.09. The van der Waals surface area contributed by atoms with Crippen molar-refractivity contribution in [1.82, 2.24) is 9.78 Å². The van der Waals surface area contributed by atoms with Gasteiger partial charge in [-0.3, -0.25) is 9.48 Å². The van der Waals surface area contributed by atoms with Gasteiger partial charge in [0, 0.05) is 24.5 Å². The average Bonchev–Trinajstić information content (AvgIpc) is 2.82. The summed E-state index contributed by atoms with van der Waals surface area (Å²) in [6.07, 6.45) is 2.24. The topological polar surface area (TPSA) is 67.2 Å². The number of aliphatic hydroxyl groups excluding tert-OH is 1. The van der Waals surface area contributed by atoms with Crippen molar-refractivity contribution in [1.29, 1.82) is 0 Å². The molecule has 118 valence electrons.